The highest BCUT2D eigenvalue weighted by Crippen LogP contribution is 2.38. The minimum absolute atomic E-state index is 0.156. The molecule has 2 nitrogen and oxygen atoms in total. The molecule has 0 radical (unpaired) electrons. The quantitative estimate of drug-likeness (QED) is 0.646. The van der Waals surface area contributed by atoms with Gasteiger partial charge in [-0.25, -0.2) is 8.78 Å². The van der Waals surface area contributed by atoms with Gasteiger partial charge >= 0.3 is 0 Å². The van der Waals surface area contributed by atoms with Crippen molar-refractivity contribution >= 4 is 0 Å². The van der Waals surface area contributed by atoms with Crippen molar-refractivity contribution in [3.63, 3.8) is 0 Å². The van der Waals surface area contributed by atoms with Gasteiger partial charge in [0.15, 0.2) is 11.6 Å². The molecule has 0 bridgehead atoms. The fraction of sp³-hybridized carbons (Fsp3) is 0.100. The van der Waals surface area contributed by atoms with E-state index in [2.05, 4.69) is 0 Å². The Labute approximate surface area is 139 Å². The van der Waals surface area contributed by atoms with Gasteiger partial charge in [-0.3, -0.25) is 0 Å². The molecule has 0 unspecified atom stereocenters. The summed E-state index contributed by atoms with van der Waals surface area (Å²) >= 11 is 0. The van der Waals surface area contributed by atoms with Crippen LogP contribution in [-0.4, -0.2) is 14.2 Å². The molecule has 0 spiro atoms. The standard InChI is InChI=1S/C20H16F2O2/c1-23-17-9-5-3-7-13(17)15-11-12-16(20(22)19(15)21)14-8-4-6-10-18(14)24-2/h3-12H,1-2H3. The second-order valence-electron chi connectivity index (χ2n) is 5.19. The monoisotopic (exact) mass is 326 g/mol. The van der Waals surface area contributed by atoms with E-state index < -0.39 is 11.6 Å². The molecule has 0 aliphatic heterocycles. The van der Waals surface area contributed by atoms with Crippen LogP contribution in [0.3, 0.4) is 0 Å². The van der Waals surface area contributed by atoms with Gasteiger partial charge in [0.25, 0.3) is 0 Å². The first kappa shape index (κ1) is 16.0. The Bertz CT molecular complexity index is 803. The lowest BCUT2D eigenvalue weighted by Crippen LogP contribution is -1.97. The Morgan fingerprint density at radius 2 is 0.917 bits per heavy atom. The molecule has 0 saturated carbocycles. The summed E-state index contributed by atoms with van der Waals surface area (Å²) in [5, 5.41) is 0. The Morgan fingerprint density at radius 3 is 1.29 bits per heavy atom. The maximum Gasteiger partial charge on any atom is 0.167 e. The normalized spacial score (nSPS) is 10.5. The van der Waals surface area contributed by atoms with Crippen LogP contribution in [0.2, 0.25) is 0 Å². The molecule has 0 aliphatic rings. The molecule has 122 valence electrons. The molecular formula is C20H16F2O2. The molecule has 0 aromatic heterocycles. The number of benzene rings is 3. The van der Waals surface area contributed by atoms with Crippen molar-refractivity contribution in [2.24, 2.45) is 0 Å². The zero-order chi connectivity index (χ0) is 17.1. The van der Waals surface area contributed by atoms with Gasteiger partial charge in [-0.15, -0.1) is 0 Å². The van der Waals surface area contributed by atoms with E-state index in [1.807, 2.05) is 0 Å². The van der Waals surface area contributed by atoms with Crippen molar-refractivity contribution < 1.29 is 18.3 Å². The molecule has 0 amide bonds. The largest absolute Gasteiger partial charge is 0.496 e. The van der Waals surface area contributed by atoms with Gasteiger partial charge in [0.1, 0.15) is 11.5 Å². The first-order valence-corrected chi connectivity index (χ1v) is 7.42. The van der Waals surface area contributed by atoms with Gasteiger partial charge in [0.05, 0.1) is 14.2 Å². The molecule has 0 aliphatic carbocycles. The zero-order valence-corrected chi connectivity index (χ0v) is 13.3. The Balaban J connectivity index is 2.17. The Kier molecular flexibility index (Phi) is 4.47. The highest BCUT2D eigenvalue weighted by Gasteiger charge is 2.19. The van der Waals surface area contributed by atoms with Crippen molar-refractivity contribution in [1.29, 1.82) is 0 Å². The molecular weight excluding hydrogens is 310 g/mol. The average molecular weight is 326 g/mol. The topological polar surface area (TPSA) is 18.5 Å². The predicted octanol–water partition coefficient (Wildman–Crippen LogP) is 5.32. The Morgan fingerprint density at radius 1 is 0.542 bits per heavy atom. The summed E-state index contributed by atoms with van der Waals surface area (Å²) in [5.74, 6) is -0.854. The second kappa shape index (κ2) is 6.71. The van der Waals surface area contributed by atoms with E-state index >= 15 is 0 Å². The number of hydrogen-bond acceptors (Lipinski definition) is 2. The lowest BCUT2D eigenvalue weighted by atomic mass is 9.98. The predicted molar refractivity (Wildman–Crippen MR) is 90.3 cm³/mol. The average Bonchev–Trinajstić information content (AvgIpc) is 2.64. The number of ether oxygens (including phenoxy) is 2. The molecule has 3 aromatic rings. The number of hydrogen-bond donors (Lipinski definition) is 0. The van der Waals surface area contributed by atoms with E-state index in [9.17, 15) is 8.78 Å². The lowest BCUT2D eigenvalue weighted by Gasteiger charge is -2.13. The van der Waals surface area contributed by atoms with Crippen molar-refractivity contribution in [1.82, 2.24) is 0 Å². The van der Waals surface area contributed by atoms with Crippen LogP contribution in [0.1, 0.15) is 0 Å². The third-order valence-electron chi connectivity index (χ3n) is 3.88. The van der Waals surface area contributed by atoms with Crippen LogP contribution >= 0.6 is 0 Å². The number of halogens is 2. The van der Waals surface area contributed by atoms with Crippen LogP contribution in [0.15, 0.2) is 60.7 Å². The van der Waals surface area contributed by atoms with Crippen molar-refractivity contribution in [2.45, 2.75) is 0 Å². The number of rotatable bonds is 4. The fourth-order valence-electron chi connectivity index (χ4n) is 2.70. The van der Waals surface area contributed by atoms with Crippen molar-refractivity contribution in [2.75, 3.05) is 14.2 Å². The maximum atomic E-state index is 14.7. The fourth-order valence-corrected chi connectivity index (χ4v) is 2.70. The third kappa shape index (κ3) is 2.71. The summed E-state index contributed by atoms with van der Waals surface area (Å²) in [6.07, 6.45) is 0. The summed E-state index contributed by atoms with van der Waals surface area (Å²) in [4.78, 5) is 0. The van der Waals surface area contributed by atoms with Crippen LogP contribution in [0, 0.1) is 11.6 Å². The van der Waals surface area contributed by atoms with Crippen LogP contribution in [0.5, 0.6) is 11.5 Å². The van der Waals surface area contributed by atoms with Gasteiger partial charge in [-0.1, -0.05) is 48.5 Å². The van der Waals surface area contributed by atoms with E-state index in [4.69, 9.17) is 9.47 Å². The van der Waals surface area contributed by atoms with E-state index in [-0.39, 0.29) is 11.1 Å². The van der Waals surface area contributed by atoms with Crippen molar-refractivity contribution in [3.8, 4) is 33.8 Å². The summed E-state index contributed by atoms with van der Waals surface area (Å²) in [5.41, 5.74) is 1.32. The first-order chi connectivity index (χ1) is 11.7. The lowest BCUT2D eigenvalue weighted by molar-refractivity contribution is 0.415. The second-order valence-corrected chi connectivity index (χ2v) is 5.19. The SMILES string of the molecule is COc1ccccc1-c1ccc(-c2ccccc2OC)c(F)c1F. The smallest absolute Gasteiger partial charge is 0.167 e. The summed E-state index contributed by atoms with van der Waals surface area (Å²) in [6.45, 7) is 0. The molecule has 0 N–H and O–H groups in total. The summed E-state index contributed by atoms with van der Waals surface area (Å²) in [7, 11) is 2.99. The van der Waals surface area contributed by atoms with Gasteiger partial charge in [-0.05, 0) is 12.1 Å². The molecule has 0 atom stereocenters. The molecule has 0 saturated heterocycles. The zero-order valence-electron chi connectivity index (χ0n) is 13.3. The molecule has 24 heavy (non-hydrogen) atoms. The molecule has 4 heteroatoms. The minimum Gasteiger partial charge on any atom is -0.496 e. The van der Waals surface area contributed by atoms with Gasteiger partial charge in [0, 0.05) is 22.3 Å². The van der Waals surface area contributed by atoms with Gasteiger partial charge < -0.3 is 9.47 Å². The minimum atomic E-state index is -0.914. The summed E-state index contributed by atoms with van der Waals surface area (Å²) in [6, 6.07) is 17.0. The molecule has 0 heterocycles. The van der Waals surface area contributed by atoms with Crippen LogP contribution in [0.4, 0.5) is 8.78 Å². The summed E-state index contributed by atoms with van der Waals surface area (Å²) < 4.78 is 39.9. The van der Waals surface area contributed by atoms with Gasteiger partial charge in [0.2, 0.25) is 0 Å². The number of para-hydroxylation sites is 2. The van der Waals surface area contributed by atoms with E-state index in [1.165, 1.54) is 14.2 Å². The van der Waals surface area contributed by atoms with Crippen LogP contribution < -0.4 is 9.47 Å². The number of methoxy groups -OCH3 is 2. The maximum absolute atomic E-state index is 14.7. The molecule has 3 aromatic carbocycles. The van der Waals surface area contributed by atoms with Crippen LogP contribution in [0.25, 0.3) is 22.3 Å². The van der Waals surface area contributed by atoms with Crippen LogP contribution in [-0.2, 0) is 0 Å². The highest BCUT2D eigenvalue weighted by molar-refractivity contribution is 5.77. The molecule has 0 fully saturated rings. The van der Waals surface area contributed by atoms with E-state index in [1.54, 1.807) is 60.7 Å². The highest BCUT2D eigenvalue weighted by atomic mass is 19.2. The molecule has 3 rings (SSSR count). The first-order valence-electron chi connectivity index (χ1n) is 7.42. The van der Waals surface area contributed by atoms with Crippen molar-refractivity contribution in [3.05, 3.63) is 72.3 Å². The Hall–Kier alpha value is -2.88. The van der Waals surface area contributed by atoms with E-state index in [0.717, 1.165) is 0 Å². The van der Waals surface area contributed by atoms with Gasteiger partial charge in [-0.2, -0.15) is 0 Å². The third-order valence-corrected chi connectivity index (χ3v) is 3.88. The van der Waals surface area contributed by atoms with E-state index in [0.29, 0.717) is 22.6 Å².